The van der Waals surface area contributed by atoms with E-state index in [1.807, 2.05) is 6.92 Å². The van der Waals surface area contributed by atoms with Crippen LogP contribution in [0.3, 0.4) is 0 Å². The molecule has 2 heteroatoms. The zero-order valence-corrected chi connectivity index (χ0v) is 10.8. The summed E-state index contributed by atoms with van der Waals surface area (Å²) in [6.07, 6.45) is 0.991. The molecule has 0 amide bonds. The van der Waals surface area contributed by atoms with Gasteiger partial charge in [0.05, 0.1) is 0 Å². The van der Waals surface area contributed by atoms with Crippen molar-refractivity contribution < 1.29 is 4.42 Å². The van der Waals surface area contributed by atoms with Gasteiger partial charge in [-0.25, -0.2) is 0 Å². The second-order valence-corrected chi connectivity index (χ2v) is 6.29. The van der Waals surface area contributed by atoms with Crippen LogP contribution >= 0.6 is 0 Å². The number of hydrogen-bond donors (Lipinski definition) is 0. The Kier molecular flexibility index (Phi) is 2.50. The second-order valence-electron chi connectivity index (χ2n) is 3.66. The molecule has 0 bridgehead atoms. The van der Waals surface area contributed by atoms with Crippen LogP contribution < -0.4 is 0 Å². The van der Waals surface area contributed by atoms with E-state index in [0.29, 0.717) is 14.5 Å². The molecule has 0 N–H and O–H groups in total. The molecule has 14 heavy (non-hydrogen) atoms. The summed E-state index contributed by atoms with van der Waals surface area (Å²) in [5, 5.41) is 1.40. The van der Waals surface area contributed by atoms with E-state index in [4.69, 9.17) is 4.42 Å². The molecule has 2 rings (SSSR count). The maximum atomic E-state index is 5.76. The Balaban J connectivity index is 2.88. The molecule has 0 saturated carbocycles. The Morgan fingerprint density at radius 2 is 2.00 bits per heavy atom. The molecular weight excluding hydrogens is 239 g/mol. The molecule has 0 aromatic carbocycles. The predicted molar refractivity (Wildman–Crippen MR) is 61.2 cm³/mol. The molecule has 0 aliphatic carbocycles. The van der Waals surface area contributed by atoms with E-state index in [-0.39, 0.29) is 0 Å². The summed E-state index contributed by atoms with van der Waals surface area (Å²) in [5.41, 5.74) is 1.44. The van der Waals surface area contributed by atoms with Crippen LogP contribution in [-0.2, 0) is 6.42 Å². The molecule has 74 valence electrons. The van der Waals surface area contributed by atoms with Gasteiger partial charge in [0, 0.05) is 0 Å². The van der Waals surface area contributed by atoms with Gasteiger partial charge in [-0.05, 0) is 0 Å². The third kappa shape index (κ3) is 1.43. The van der Waals surface area contributed by atoms with Gasteiger partial charge in [0.2, 0.25) is 0 Å². The Morgan fingerprint density at radius 1 is 1.29 bits per heavy atom. The summed E-state index contributed by atoms with van der Waals surface area (Å²) in [6, 6.07) is 2.20. The minimum absolute atomic E-state index is 0.533. The molecule has 0 unspecified atom stereocenters. The average Bonchev–Trinajstić information content (AvgIpc) is 2.41. The molecule has 2 aromatic rings. The molecular formula is C12H15OSe+. The van der Waals surface area contributed by atoms with Crippen molar-refractivity contribution in [1.82, 2.24) is 0 Å². The molecule has 0 atom stereocenters. The van der Waals surface area contributed by atoms with Gasteiger partial charge >= 0.3 is 90.3 Å². The predicted octanol–water partition coefficient (Wildman–Crippen LogP) is 3.26. The van der Waals surface area contributed by atoms with Crippen LogP contribution in [0.1, 0.15) is 28.4 Å². The monoisotopic (exact) mass is 255 g/mol. The Bertz CT molecular complexity index is 483. The first kappa shape index (κ1) is 9.95. The topological polar surface area (TPSA) is 11.3 Å². The Morgan fingerprint density at radius 3 is 2.64 bits per heavy atom. The summed E-state index contributed by atoms with van der Waals surface area (Å²) < 4.78 is 8.82. The van der Waals surface area contributed by atoms with E-state index in [9.17, 15) is 0 Å². The summed E-state index contributed by atoms with van der Waals surface area (Å²) in [4.78, 5) is 0. The quantitative estimate of drug-likeness (QED) is 0.561. The molecule has 0 aliphatic rings. The van der Waals surface area contributed by atoms with E-state index in [0.717, 1.165) is 17.9 Å². The summed E-state index contributed by atoms with van der Waals surface area (Å²) >= 11 is 0.533. The third-order valence-electron chi connectivity index (χ3n) is 2.63. The van der Waals surface area contributed by atoms with Crippen molar-refractivity contribution in [2.24, 2.45) is 0 Å². The summed E-state index contributed by atoms with van der Waals surface area (Å²) in [6.45, 7) is 8.65. The number of aryl methyl sites for hydroxylation is 4. The van der Waals surface area contributed by atoms with Crippen LogP contribution in [0.4, 0.5) is 0 Å². The van der Waals surface area contributed by atoms with Gasteiger partial charge in [-0.1, -0.05) is 0 Å². The number of fused-ring (bicyclic) bond motifs is 1. The summed E-state index contributed by atoms with van der Waals surface area (Å²) in [5.74, 6) is 2.21. The van der Waals surface area contributed by atoms with Gasteiger partial charge in [0.15, 0.2) is 0 Å². The standard InChI is InChI=1S/C12H15OSe/c1-5-10-12-8(3)9(4)14-11(12)6-7(2)13-10/h6H,5H2,1-4H3/q+1. The van der Waals surface area contributed by atoms with Crippen LogP contribution in [0.2, 0.25) is 0 Å². The first-order valence-electron chi connectivity index (χ1n) is 4.95. The van der Waals surface area contributed by atoms with Crippen molar-refractivity contribution in [2.45, 2.75) is 34.1 Å². The van der Waals surface area contributed by atoms with Crippen molar-refractivity contribution in [2.75, 3.05) is 0 Å². The Hall–Kier alpha value is -0.591. The van der Waals surface area contributed by atoms with Crippen molar-refractivity contribution in [1.29, 1.82) is 0 Å². The average molecular weight is 254 g/mol. The zero-order chi connectivity index (χ0) is 10.3. The first-order chi connectivity index (χ1) is 6.63. The fourth-order valence-electron chi connectivity index (χ4n) is 1.81. The molecule has 1 nitrogen and oxygen atoms in total. The molecule has 0 spiro atoms. The maximum absolute atomic E-state index is 5.76. The number of hydrogen-bond acceptors (Lipinski definition) is 0. The molecule has 0 fully saturated rings. The Labute approximate surface area is 90.5 Å². The second kappa shape index (κ2) is 3.52. The van der Waals surface area contributed by atoms with Crippen LogP contribution in [0.25, 0.3) is 9.65 Å². The van der Waals surface area contributed by atoms with E-state index in [1.54, 1.807) is 4.44 Å². The van der Waals surface area contributed by atoms with Gasteiger partial charge in [-0.2, -0.15) is 0 Å². The first-order valence-corrected chi connectivity index (χ1v) is 6.67. The van der Waals surface area contributed by atoms with Crippen molar-refractivity contribution >= 4 is 24.1 Å². The molecule has 2 heterocycles. The molecule has 0 radical (unpaired) electrons. The van der Waals surface area contributed by atoms with Gasteiger partial charge < -0.3 is 0 Å². The van der Waals surface area contributed by atoms with Crippen molar-refractivity contribution in [3.63, 3.8) is 0 Å². The van der Waals surface area contributed by atoms with Crippen LogP contribution in [0, 0.1) is 20.8 Å². The van der Waals surface area contributed by atoms with E-state index >= 15 is 0 Å². The van der Waals surface area contributed by atoms with E-state index in [2.05, 4.69) is 26.8 Å². The van der Waals surface area contributed by atoms with E-state index in [1.165, 1.54) is 15.2 Å². The molecule has 0 aliphatic heterocycles. The normalized spacial score (nSPS) is 11.1. The van der Waals surface area contributed by atoms with Gasteiger partial charge in [-0.3, -0.25) is 0 Å². The van der Waals surface area contributed by atoms with Gasteiger partial charge in [-0.15, -0.1) is 0 Å². The van der Waals surface area contributed by atoms with Gasteiger partial charge in [0.1, 0.15) is 0 Å². The third-order valence-corrected chi connectivity index (χ3v) is 5.05. The fourth-order valence-corrected chi connectivity index (χ4v) is 4.28. The van der Waals surface area contributed by atoms with Crippen LogP contribution in [-0.4, -0.2) is 14.5 Å². The van der Waals surface area contributed by atoms with Crippen molar-refractivity contribution in [3.8, 4) is 0 Å². The minimum atomic E-state index is 0.533. The van der Waals surface area contributed by atoms with Crippen LogP contribution in [0.15, 0.2) is 10.5 Å². The SMILES string of the molecule is CCc1[o+]c(C)cc2[se]c(C)c(C)c12. The number of rotatable bonds is 1. The zero-order valence-electron chi connectivity index (χ0n) is 9.10. The molecule has 2 aromatic heterocycles. The van der Waals surface area contributed by atoms with Gasteiger partial charge in [0.25, 0.3) is 0 Å². The van der Waals surface area contributed by atoms with E-state index < -0.39 is 0 Å². The molecule has 0 saturated heterocycles. The van der Waals surface area contributed by atoms with Crippen molar-refractivity contribution in [3.05, 3.63) is 27.6 Å². The van der Waals surface area contributed by atoms with Crippen LogP contribution in [0.5, 0.6) is 0 Å². The summed E-state index contributed by atoms with van der Waals surface area (Å²) in [7, 11) is 0. The fraction of sp³-hybridized carbons (Fsp3) is 0.417.